The van der Waals surface area contributed by atoms with E-state index < -0.39 is 0 Å². The van der Waals surface area contributed by atoms with Crippen LogP contribution in [0.5, 0.6) is 5.75 Å². The molecule has 0 unspecified atom stereocenters. The van der Waals surface area contributed by atoms with Crippen molar-refractivity contribution in [3.8, 4) is 5.75 Å². The number of phenols is 1. The minimum atomic E-state index is 0.340. The van der Waals surface area contributed by atoms with Gasteiger partial charge in [0.2, 0.25) is 0 Å². The third-order valence-electron chi connectivity index (χ3n) is 3.54. The normalized spacial score (nSPS) is 15.6. The van der Waals surface area contributed by atoms with E-state index in [1.54, 1.807) is 6.07 Å². The van der Waals surface area contributed by atoms with Crippen LogP contribution in [0, 0.1) is 6.92 Å². The number of nitrogens with zero attached hydrogens (tertiary/aromatic N) is 1. The molecule has 0 amide bonds. The smallest absolute Gasteiger partial charge is 0.125 e. The Morgan fingerprint density at radius 2 is 2.06 bits per heavy atom. The first kappa shape index (κ1) is 10.5. The molecule has 1 aliphatic heterocycles. The number of aromatic hydroxyl groups is 1. The second kappa shape index (κ2) is 4.00. The molecule has 0 radical (unpaired) electrons. The number of aromatic nitrogens is 1. The highest BCUT2D eigenvalue weighted by Crippen LogP contribution is 2.30. The third kappa shape index (κ3) is 1.67. The van der Waals surface area contributed by atoms with Crippen molar-refractivity contribution >= 4 is 10.9 Å². The van der Waals surface area contributed by atoms with Gasteiger partial charge in [-0.3, -0.25) is 4.98 Å². The van der Waals surface area contributed by atoms with Crippen LogP contribution < -0.4 is 5.32 Å². The number of rotatable bonds is 0. The predicted octanol–water partition coefficient (Wildman–Crippen LogP) is 1.94. The van der Waals surface area contributed by atoms with Crippen LogP contribution in [0.15, 0.2) is 18.2 Å². The maximum atomic E-state index is 9.97. The molecule has 3 heteroatoms. The lowest BCUT2D eigenvalue weighted by Gasteiger charge is -2.12. The van der Waals surface area contributed by atoms with Gasteiger partial charge in [0.15, 0.2) is 0 Å². The topological polar surface area (TPSA) is 45.2 Å². The fourth-order valence-electron chi connectivity index (χ4n) is 2.67. The summed E-state index contributed by atoms with van der Waals surface area (Å²) >= 11 is 0. The summed E-state index contributed by atoms with van der Waals surface area (Å²) < 4.78 is 0. The molecule has 0 fully saturated rings. The minimum absolute atomic E-state index is 0.340. The average molecular weight is 228 g/mol. The first-order valence-corrected chi connectivity index (χ1v) is 6.08. The Morgan fingerprint density at radius 3 is 2.94 bits per heavy atom. The van der Waals surface area contributed by atoms with Crippen molar-refractivity contribution in [3.63, 3.8) is 0 Å². The first-order chi connectivity index (χ1) is 8.27. The maximum Gasteiger partial charge on any atom is 0.125 e. The van der Waals surface area contributed by atoms with E-state index in [9.17, 15) is 5.11 Å². The van der Waals surface area contributed by atoms with Crippen LogP contribution in [-0.4, -0.2) is 23.2 Å². The van der Waals surface area contributed by atoms with Crippen molar-refractivity contribution in [1.82, 2.24) is 10.3 Å². The van der Waals surface area contributed by atoms with Crippen molar-refractivity contribution < 1.29 is 5.11 Å². The van der Waals surface area contributed by atoms with Crippen molar-refractivity contribution in [3.05, 3.63) is 35.0 Å². The summed E-state index contributed by atoms with van der Waals surface area (Å²) in [5.74, 6) is 0.340. The number of pyridine rings is 1. The molecule has 0 aliphatic carbocycles. The van der Waals surface area contributed by atoms with Crippen molar-refractivity contribution in [2.24, 2.45) is 0 Å². The van der Waals surface area contributed by atoms with Crippen LogP contribution >= 0.6 is 0 Å². The van der Waals surface area contributed by atoms with Crippen LogP contribution in [0.2, 0.25) is 0 Å². The first-order valence-electron chi connectivity index (χ1n) is 6.08. The SMILES string of the molecule is Cc1c2c(nc3cccc(O)c13)CCNCC2. The van der Waals surface area contributed by atoms with E-state index >= 15 is 0 Å². The molecular formula is C14H16N2O. The standard InChI is InChI=1S/C14H16N2O/c1-9-10-5-7-15-8-6-11(10)16-12-3-2-4-13(17)14(9)12/h2-4,15,17H,5-8H2,1H3. The Balaban J connectivity index is 2.34. The number of aryl methyl sites for hydroxylation is 1. The number of fused-ring (bicyclic) bond motifs is 2. The molecule has 2 aromatic rings. The molecule has 3 nitrogen and oxygen atoms in total. The number of nitrogens with one attached hydrogen (secondary N) is 1. The zero-order valence-corrected chi connectivity index (χ0v) is 9.95. The van der Waals surface area contributed by atoms with Crippen LogP contribution in [0.4, 0.5) is 0 Å². The molecule has 0 atom stereocenters. The molecule has 0 bridgehead atoms. The summed E-state index contributed by atoms with van der Waals surface area (Å²) in [5, 5.41) is 14.3. The molecular weight excluding hydrogens is 212 g/mol. The lowest BCUT2D eigenvalue weighted by molar-refractivity contribution is 0.481. The fraction of sp³-hybridized carbons (Fsp3) is 0.357. The molecule has 0 spiro atoms. The van der Waals surface area contributed by atoms with Crippen LogP contribution in [-0.2, 0) is 12.8 Å². The highest BCUT2D eigenvalue weighted by Gasteiger charge is 2.15. The summed E-state index contributed by atoms with van der Waals surface area (Å²) in [6.45, 7) is 4.08. The Morgan fingerprint density at radius 1 is 1.24 bits per heavy atom. The van der Waals surface area contributed by atoms with Crippen LogP contribution in [0.25, 0.3) is 10.9 Å². The third-order valence-corrected chi connectivity index (χ3v) is 3.54. The van der Waals surface area contributed by atoms with Crippen molar-refractivity contribution in [2.75, 3.05) is 13.1 Å². The monoisotopic (exact) mass is 228 g/mol. The van der Waals surface area contributed by atoms with Crippen molar-refractivity contribution in [2.45, 2.75) is 19.8 Å². The van der Waals surface area contributed by atoms with Gasteiger partial charge < -0.3 is 10.4 Å². The molecule has 0 saturated carbocycles. The van der Waals surface area contributed by atoms with Gasteiger partial charge in [-0.1, -0.05) is 6.07 Å². The number of benzene rings is 1. The van der Waals surface area contributed by atoms with Gasteiger partial charge in [-0.25, -0.2) is 0 Å². The van der Waals surface area contributed by atoms with E-state index in [4.69, 9.17) is 4.98 Å². The van der Waals surface area contributed by atoms with Gasteiger partial charge in [-0.2, -0.15) is 0 Å². The van der Waals surface area contributed by atoms with Gasteiger partial charge in [0.05, 0.1) is 5.52 Å². The zero-order chi connectivity index (χ0) is 11.8. The molecule has 17 heavy (non-hydrogen) atoms. The lowest BCUT2D eigenvalue weighted by Crippen LogP contribution is -2.16. The van der Waals surface area contributed by atoms with Gasteiger partial charge in [0.25, 0.3) is 0 Å². The minimum Gasteiger partial charge on any atom is -0.507 e. The summed E-state index contributed by atoms with van der Waals surface area (Å²) in [6, 6.07) is 5.56. The van der Waals surface area contributed by atoms with Crippen molar-refractivity contribution in [1.29, 1.82) is 0 Å². The maximum absolute atomic E-state index is 9.97. The quantitative estimate of drug-likeness (QED) is 0.724. The Hall–Kier alpha value is -1.61. The Labute approximate surface area is 100 Å². The molecule has 0 saturated heterocycles. The van der Waals surface area contributed by atoms with Gasteiger partial charge in [-0.15, -0.1) is 0 Å². The number of hydrogen-bond donors (Lipinski definition) is 2. The highest BCUT2D eigenvalue weighted by molar-refractivity contribution is 5.89. The fourth-order valence-corrected chi connectivity index (χ4v) is 2.67. The number of hydrogen-bond acceptors (Lipinski definition) is 3. The molecule has 1 aromatic heterocycles. The lowest BCUT2D eigenvalue weighted by atomic mass is 9.98. The molecule has 1 aromatic carbocycles. The molecule has 2 heterocycles. The average Bonchev–Trinajstić information content (AvgIpc) is 2.54. The summed E-state index contributed by atoms with van der Waals surface area (Å²) in [7, 11) is 0. The largest absolute Gasteiger partial charge is 0.507 e. The van der Waals surface area contributed by atoms with Gasteiger partial charge in [-0.05, 0) is 43.1 Å². The molecule has 88 valence electrons. The van der Waals surface area contributed by atoms with E-state index in [1.807, 2.05) is 12.1 Å². The summed E-state index contributed by atoms with van der Waals surface area (Å²) in [6.07, 6.45) is 1.97. The van der Waals surface area contributed by atoms with E-state index in [2.05, 4.69) is 12.2 Å². The molecule has 2 N–H and O–H groups in total. The Kier molecular flexibility index (Phi) is 2.48. The van der Waals surface area contributed by atoms with Crippen LogP contribution in [0.3, 0.4) is 0 Å². The molecule has 1 aliphatic rings. The van der Waals surface area contributed by atoms with E-state index in [0.717, 1.165) is 36.8 Å². The Bertz CT molecular complexity index is 578. The summed E-state index contributed by atoms with van der Waals surface area (Å²) in [4.78, 5) is 4.70. The second-order valence-electron chi connectivity index (χ2n) is 4.58. The second-order valence-corrected chi connectivity index (χ2v) is 4.58. The van der Waals surface area contributed by atoms with Gasteiger partial charge in [0.1, 0.15) is 5.75 Å². The highest BCUT2D eigenvalue weighted by atomic mass is 16.3. The van der Waals surface area contributed by atoms with Gasteiger partial charge >= 0.3 is 0 Å². The predicted molar refractivity (Wildman–Crippen MR) is 68.4 cm³/mol. The van der Waals surface area contributed by atoms with Crippen LogP contribution in [0.1, 0.15) is 16.8 Å². The summed E-state index contributed by atoms with van der Waals surface area (Å²) in [5.41, 5.74) is 4.59. The van der Waals surface area contributed by atoms with E-state index in [1.165, 1.54) is 16.8 Å². The molecule has 3 rings (SSSR count). The van der Waals surface area contributed by atoms with E-state index in [-0.39, 0.29) is 0 Å². The van der Waals surface area contributed by atoms with Gasteiger partial charge in [0, 0.05) is 24.0 Å². The number of phenolic OH excluding ortho intramolecular Hbond substituents is 1. The zero-order valence-electron chi connectivity index (χ0n) is 9.95. The van der Waals surface area contributed by atoms with E-state index in [0.29, 0.717) is 5.75 Å².